The van der Waals surface area contributed by atoms with Crippen molar-refractivity contribution in [3.05, 3.63) is 59.1 Å². The highest BCUT2D eigenvalue weighted by Gasteiger charge is 2.24. The Morgan fingerprint density at radius 2 is 1.57 bits per heavy atom. The van der Waals surface area contributed by atoms with Crippen LogP contribution in [0, 0.1) is 5.92 Å². The van der Waals surface area contributed by atoms with Crippen molar-refractivity contribution in [3.63, 3.8) is 0 Å². The van der Waals surface area contributed by atoms with Crippen LogP contribution < -0.4 is 0 Å². The predicted molar refractivity (Wildman–Crippen MR) is 88.4 cm³/mol. The van der Waals surface area contributed by atoms with Crippen LogP contribution in [0.1, 0.15) is 43.8 Å². The minimum Gasteiger partial charge on any atom is -0.388 e. The first kappa shape index (κ1) is 14.6. The van der Waals surface area contributed by atoms with E-state index >= 15 is 0 Å². The van der Waals surface area contributed by atoms with Crippen LogP contribution in [0.5, 0.6) is 0 Å². The van der Waals surface area contributed by atoms with Crippen LogP contribution in [0.15, 0.2) is 48.5 Å². The van der Waals surface area contributed by atoms with Crippen molar-refractivity contribution >= 4 is 11.6 Å². The summed E-state index contributed by atoms with van der Waals surface area (Å²) in [5, 5.41) is 11.6. The van der Waals surface area contributed by atoms with E-state index in [0.717, 1.165) is 34.6 Å². The molecule has 2 heteroatoms. The van der Waals surface area contributed by atoms with Gasteiger partial charge in [0.1, 0.15) is 0 Å². The van der Waals surface area contributed by atoms with Crippen molar-refractivity contribution in [2.75, 3.05) is 0 Å². The van der Waals surface area contributed by atoms with Crippen LogP contribution in [-0.4, -0.2) is 5.11 Å². The molecule has 2 aromatic rings. The van der Waals surface area contributed by atoms with Crippen LogP contribution in [0.4, 0.5) is 0 Å². The van der Waals surface area contributed by atoms with Crippen molar-refractivity contribution in [3.8, 4) is 11.1 Å². The van der Waals surface area contributed by atoms with Crippen LogP contribution in [-0.2, 0) is 0 Å². The molecule has 0 heterocycles. The molecule has 0 amide bonds. The van der Waals surface area contributed by atoms with Gasteiger partial charge in [-0.2, -0.15) is 0 Å². The van der Waals surface area contributed by atoms with Crippen molar-refractivity contribution in [1.82, 2.24) is 0 Å². The predicted octanol–water partition coefficient (Wildman–Crippen LogP) is 5.62. The van der Waals surface area contributed by atoms with E-state index in [0.29, 0.717) is 5.92 Å². The average molecular weight is 301 g/mol. The van der Waals surface area contributed by atoms with E-state index in [1.807, 2.05) is 36.4 Å². The van der Waals surface area contributed by atoms with Gasteiger partial charge in [-0.1, -0.05) is 67.3 Å². The van der Waals surface area contributed by atoms with Gasteiger partial charge in [-0.3, -0.25) is 0 Å². The lowest BCUT2D eigenvalue weighted by Crippen LogP contribution is -2.16. The topological polar surface area (TPSA) is 20.2 Å². The molecule has 2 aromatic carbocycles. The molecule has 0 radical (unpaired) electrons. The highest BCUT2D eigenvalue weighted by Crippen LogP contribution is 2.38. The van der Waals surface area contributed by atoms with E-state index in [-0.39, 0.29) is 6.10 Å². The SMILES string of the molecule is O[C@H](c1ccccc1-c1ccc(Cl)cc1)C1CCCCC1. The number of aliphatic hydroxyl groups excluding tert-OH is 1. The van der Waals surface area contributed by atoms with Gasteiger partial charge >= 0.3 is 0 Å². The molecule has 0 unspecified atom stereocenters. The van der Waals surface area contributed by atoms with Gasteiger partial charge < -0.3 is 5.11 Å². The maximum atomic E-state index is 10.8. The van der Waals surface area contributed by atoms with Gasteiger partial charge in [0.2, 0.25) is 0 Å². The van der Waals surface area contributed by atoms with Gasteiger partial charge in [-0.25, -0.2) is 0 Å². The van der Waals surface area contributed by atoms with Gasteiger partial charge in [-0.05, 0) is 47.6 Å². The van der Waals surface area contributed by atoms with E-state index in [9.17, 15) is 5.11 Å². The minimum atomic E-state index is -0.364. The first-order chi connectivity index (χ1) is 10.3. The zero-order chi connectivity index (χ0) is 14.7. The fourth-order valence-electron chi connectivity index (χ4n) is 3.35. The minimum absolute atomic E-state index is 0.364. The fraction of sp³-hybridized carbons (Fsp3) is 0.368. The third kappa shape index (κ3) is 3.30. The number of benzene rings is 2. The second-order valence-electron chi connectivity index (χ2n) is 5.94. The molecule has 1 aliphatic rings. The summed E-state index contributed by atoms with van der Waals surface area (Å²) in [4.78, 5) is 0. The molecule has 0 spiro atoms. The Labute approximate surface area is 131 Å². The standard InChI is InChI=1S/C19H21ClO/c20-16-12-10-14(11-13-16)17-8-4-5-9-18(17)19(21)15-6-2-1-3-7-15/h4-5,8-13,15,19,21H,1-3,6-7H2/t19-/m0/s1. The van der Waals surface area contributed by atoms with Gasteiger partial charge in [0.05, 0.1) is 6.10 Å². The van der Waals surface area contributed by atoms with Gasteiger partial charge in [0, 0.05) is 5.02 Å². The second kappa shape index (κ2) is 6.64. The monoisotopic (exact) mass is 300 g/mol. The summed E-state index contributed by atoms with van der Waals surface area (Å²) in [5.74, 6) is 0.396. The molecule has 1 N–H and O–H groups in total. The molecule has 1 atom stereocenters. The number of rotatable bonds is 3. The smallest absolute Gasteiger partial charge is 0.0824 e. The van der Waals surface area contributed by atoms with Gasteiger partial charge in [0.15, 0.2) is 0 Å². The molecule has 0 saturated heterocycles. The Morgan fingerprint density at radius 3 is 2.29 bits per heavy atom. The second-order valence-corrected chi connectivity index (χ2v) is 6.37. The average Bonchev–Trinajstić information content (AvgIpc) is 2.56. The summed E-state index contributed by atoms with van der Waals surface area (Å²) >= 11 is 5.97. The molecular weight excluding hydrogens is 280 g/mol. The molecule has 0 aliphatic heterocycles. The quantitative estimate of drug-likeness (QED) is 0.780. The summed E-state index contributed by atoms with van der Waals surface area (Å²) < 4.78 is 0. The summed E-state index contributed by atoms with van der Waals surface area (Å²) in [7, 11) is 0. The Kier molecular flexibility index (Phi) is 4.62. The molecule has 1 nitrogen and oxygen atoms in total. The molecule has 1 fully saturated rings. The maximum absolute atomic E-state index is 10.8. The zero-order valence-corrected chi connectivity index (χ0v) is 12.9. The summed E-state index contributed by atoms with van der Waals surface area (Å²) in [5.41, 5.74) is 3.28. The summed E-state index contributed by atoms with van der Waals surface area (Å²) in [6.07, 6.45) is 5.70. The van der Waals surface area contributed by atoms with E-state index in [1.54, 1.807) is 0 Å². The molecule has 1 aliphatic carbocycles. The van der Waals surface area contributed by atoms with Gasteiger partial charge in [-0.15, -0.1) is 0 Å². The summed E-state index contributed by atoms with van der Waals surface area (Å²) in [6, 6.07) is 16.0. The zero-order valence-electron chi connectivity index (χ0n) is 12.1. The van der Waals surface area contributed by atoms with Crippen molar-refractivity contribution in [1.29, 1.82) is 0 Å². The van der Waals surface area contributed by atoms with Crippen LogP contribution in [0.3, 0.4) is 0 Å². The van der Waals surface area contributed by atoms with E-state index < -0.39 is 0 Å². The van der Waals surface area contributed by atoms with Crippen LogP contribution in [0.25, 0.3) is 11.1 Å². The maximum Gasteiger partial charge on any atom is 0.0824 e. The highest BCUT2D eigenvalue weighted by molar-refractivity contribution is 6.30. The number of hydrogen-bond acceptors (Lipinski definition) is 1. The Balaban J connectivity index is 1.93. The molecule has 110 valence electrons. The highest BCUT2D eigenvalue weighted by atomic mass is 35.5. The largest absolute Gasteiger partial charge is 0.388 e. The van der Waals surface area contributed by atoms with Gasteiger partial charge in [0.25, 0.3) is 0 Å². The molecular formula is C19H21ClO. The summed E-state index contributed by atoms with van der Waals surface area (Å²) in [6.45, 7) is 0. The Morgan fingerprint density at radius 1 is 0.905 bits per heavy atom. The van der Waals surface area contributed by atoms with Crippen LogP contribution >= 0.6 is 11.6 Å². The Hall–Kier alpha value is -1.31. The van der Waals surface area contributed by atoms with Crippen LogP contribution in [0.2, 0.25) is 5.02 Å². The third-order valence-corrected chi connectivity index (χ3v) is 4.78. The van der Waals surface area contributed by atoms with E-state index in [1.165, 1.54) is 19.3 Å². The first-order valence-corrected chi connectivity index (χ1v) is 8.16. The molecule has 1 saturated carbocycles. The molecule has 3 rings (SSSR count). The third-order valence-electron chi connectivity index (χ3n) is 4.53. The van der Waals surface area contributed by atoms with E-state index in [2.05, 4.69) is 12.1 Å². The van der Waals surface area contributed by atoms with Crippen molar-refractivity contribution in [2.45, 2.75) is 38.2 Å². The first-order valence-electron chi connectivity index (χ1n) is 7.78. The molecule has 21 heavy (non-hydrogen) atoms. The molecule has 0 aromatic heterocycles. The lowest BCUT2D eigenvalue weighted by atomic mass is 9.81. The lowest BCUT2D eigenvalue weighted by molar-refractivity contribution is 0.0853. The Bertz CT molecular complexity index is 585. The number of hydrogen-bond donors (Lipinski definition) is 1. The van der Waals surface area contributed by atoms with Crippen molar-refractivity contribution < 1.29 is 5.11 Å². The lowest BCUT2D eigenvalue weighted by Gasteiger charge is -2.28. The van der Waals surface area contributed by atoms with Crippen molar-refractivity contribution in [2.24, 2.45) is 5.92 Å². The molecule has 0 bridgehead atoms. The fourth-order valence-corrected chi connectivity index (χ4v) is 3.48. The normalized spacial score (nSPS) is 17.6. The number of halogens is 1. The van der Waals surface area contributed by atoms with E-state index in [4.69, 9.17) is 11.6 Å². The number of aliphatic hydroxyl groups is 1.